The molecule has 0 aromatic carbocycles. The van der Waals surface area contributed by atoms with Gasteiger partial charge in [-0.2, -0.15) is 0 Å². The van der Waals surface area contributed by atoms with E-state index < -0.39 is 6.09 Å². The second-order valence-corrected chi connectivity index (χ2v) is 6.00. The number of primary amides is 1. The van der Waals surface area contributed by atoms with Crippen molar-refractivity contribution < 1.29 is 9.53 Å². The van der Waals surface area contributed by atoms with E-state index in [4.69, 9.17) is 5.73 Å². The molecule has 144 valence electrons. The van der Waals surface area contributed by atoms with Crippen LogP contribution in [0.2, 0.25) is 0 Å². The number of amides is 1. The van der Waals surface area contributed by atoms with Crippen LogP contribution in [0.1, 0.15) is 64.7 Å². The third kappa shape index (κ3) is 21.7. The number of nitrogens with two attached hydrogens (primary N) is 1. The zero-order valence-electron chi connectivity index (χ0n) is 16.2. The van der Waals surface area contributed by atoms with Gasteiger partial charge in [0.1, 0.15) is 0 Å². The van der Waals surface area contributed by atoms with Crippen LogP contribution >= 0.6 is 0 Å². The number of carbonyl (C=O) groups is 1. The predicted molar refractivity (Wildman–Crippen MR) is 113 cm³/mol. The van der Waals surface area contributed by atoms with E-state index in [9.17, 15) is 4.79 Å². The summed E-state index contributed by atoms with van der Waals surface area (Å²) in [6.45, 7) is 2.26. The first-order valence-corrected chi connectivity index (χ1v) is 9.71. The average Bonchev–Trinajstić information content (AvgIpc) is 2.62. The molecular weight excluding hydrogens is 322 g/mol. The molecule has 3 nitrogen and oxygen atoms in total. The Hall–Kier alpha value is -2.29. The molecule has 0 atom stereocenters. The van der Waals surface area contributed by atoms with Gasteiger partial charge in [-0.1, -0.05) is 113 Å². The maximum atomic E-state index is 10.3. The lowest BCUT2D eigenvalue weighted by Gasteiger charge is -1.99. The molecule has 1 amide bonds. The van der Waals surface area contributed by atoms with E-state index >= 15 is 0 Å². The monoisotopic (exact) mass is 357 g/mol. The summed E-state index contributed by atoms with van der Waals surface area (Å²) < 4.78 is 4.43. The van der Waals surface area contributed by atoms with Crippen LogP contribution in [0.4, 0.5) is 4.79 Å². The topological polar surface area (TPSA) is 52.3 Å². The van der Waals surface area contributed by atoms with Crippen molar-refractivity contribution in [1.82, 2.24) is 0 Å². The van der Waals surface area contributed by atoms with Crippen LogP contribution in [0.5, 0.6) is 0 Å². The van der Waals surface area contributed by atoms with Gasteiger partial charge in [0.15, 0.2) is 0 Å². The van der Waals surface area contributed by atoms with Gasteiger partial charge in [0.05, 0.1) is 6.26 Å². The second kappa shape index (κ2) is 20.8. The maximum absolute atomic E-state index is 10.3. The molecular formula is C23H35NO2. The largest absolute Gasteiger partial charge is 0.418 e. The van der Waals surface area contributed by atoms with Crippen molar-refractivity contribution in [3.05, 3.63) is 73.1 Å². The SMILES string of the molecule is CCCCCCCCCCC=CC=CC=CC=CC=CC=COC(N)=O. The van der Waals surface area contributed by atoms with Crippen LogP contribution in [0.25, 0.3) is 0 Å². The third-order valence-corrected chi connectivity index (χ3v) is 3.62. The molecule has 26 heavy (non-hydrogen) atoms. The maximum Gasteiger partial charge on any atom is 0.409 e. The first-order chi connectivity index (χ1) is 12.8. The smallest absolute Gasteiger partial charge is 0.409 e. The molecule has 2 N–H and O–H groups in total. The van der Waals surface area contributed by atoms with Crippen molar-refractivity contribution in [2.75, 3.05) is 0 Å². The molecule has 0 aliphatic rings. The number of carbonyl (C=O) groups excluding carboxylic acids is 1. The Morgan fingerprint density at radius 2 is 1.15 bits per heavy atom. The normalized spacial score (nSPS) is 12.8. The lowest BCUT2D eigenvalue weighted by atomic mass is 10.1. The molecule has 0 aromatic rings. The number of rotatable bonds is 15. The van der Waals surface area contributed by atoms with Crippen LogP contribution in [-0.2, 0) is 4.74 Å². The minimum atomic E-state index is -0.813. The van der Waals surface area contributed by atoms with Gasteiger partial charge in [-0.3, -0.25) is 0 Å². The Kier molecular flexibility index (Phi) is 18.9. The van der Waals surface area contributed by atoms with Crippen molar-refractivity contribution in [2.45, 2.75) is 64.7 Å². The number of ether oxygens (including phenoxy) is 1. The highest BCUT2D eigenvalue weighted by Crippen LogP contribution is 2.09. The van der Waals surface area contributed by atoms with E-state index in [0.717, 1.165) is 0 Å². The summed E-state index contributed by atoms with van der Waals surface area (Å²) >= 11 is 0. The van der Waals surface area contributed by atoms with Crippen molar-refractivity contribution in [3.63, 3.8) is 0 Å². The number of hydrogen-bond acceptors (Lipinski definition) is 2. The van der Waals surface area contributed by atoms with E-state index in [1.165, 1.54) is 64.0 Å². The number of unbranched alkanes of at least 4 members (excludes halogenated alkanes) is 8. The molecule has 0 radical (unpaired) electrons. The Labute approximate surface area is 159 Å². The van der Waals surface area contributed by atoms with E-state index in [2.05, 4.69) is 29.9 Å². The summed E-state index contributed by atoms with van der Waals surface area (Å²) in [6, 6.07) is 0. The summed E-state index contributed by atoms with van der Waals surface area (Å²) in [7, 11) is 0. The molecule has 0 spiro atoms. The van der Waals surface area contributed by atoms with Gasteiger partial charge in [-0.05, 0) is 18.9 Å². The highest BCUT2D eigenvalue weighted by molar-refractivity contribution is 5.65. The van der Waals surface area contributed by atoms with Crippen molar-refractivity contribution in [1.29, 1.82) is 0 Å². The van der Waals surface area contributed by atoms with E-state index in [1.54, 1.807) is 12.2 Å². The molecule has 0 saturated heterocycles. The molecule has 0 saturated carbocycles. The summed E-state index contributed by atoms with van der Waals surface area (Å²) in [5, 5.41) is 0. The minimum absolute atomic E-state index is 0.813. The predicted octanol–water partition coefficient (Wildman–Crippen LogP) is 6.91. The Morgan fingerprint density at radius 3 is 1.69 bits per heavy atom. The Bertz CT molecular complexity index is 496. The molecule has 0 aliphatic heterocycles. The molecule has 0 rings (SSSR count). The molecule has 0 fully saturated rings. The Balaban J connectivity index is 3.55. The number of hydrogen-bond donors (Lipinski definition) is 1. The van der Waals surface area contributed by atoms with Crippen molar-refractivity contribution in [2.24, 2.45) is 5.73 Å². The fraction of sp³-hybridized carbons (Fsp3) is 0.435. The Morgan fingerprint density at radius 1 is 0.692 bits per heavy atom. The second-order valence-electron chi connectivity index (χ2n) is 6.00. The van der Waals surface area contributed by atoms with Gasteiger partial charge in [0.25, 0.3) is 0 Å². The van der Waals surface area contributed by atoms with Gasteiger partial charge in [0.2, 0.25) is 0 Å². The van der Waals surface area contributed by atoms with E-state index in [1.807, 2.05) is 36.5 Å². The number of allylic oxidation sites excluding steroid dienone is 11. The minimum Gasteiger partial charge on any atom is -0.418 e. The van der Waals surface area contributed by atoms with E-state index in [0.29, 0.717) is 0 Å². The van der Waals surface area contributed by atoms with Crippen molar-refractivity contribution in [3.8, 4) is 0 Å². The third-order valence-electron chi connectivity index (χ3n) is 3.62. The molecule has 0 unspecified atom stereocenters. The average molecular weight is 358 g/mol. The van der Waals surface area contributed by atoms with Crippen LogP contribution in [0.3, 0.4) is 0 Å². The summed E-state index contributed by atoms with van der Waals surface area (Å²) in [5.41, 5.74) is 4.81. The zero-order chi connectivity index (χ0) is 19.1. The van der Waals surface area contributed by atoms with Gasteiger partial charge < -0.3 is 10.5 Å². The summed E-state index contributed by atoms with van der Waals surface area (Å²) in [5.74, 6) is 0. The first-order valence-electron chi connectivity index (χ1n) is 9.71. The lowest BCUT2D eigenvalue weighted by molar-refractivity contribution is 0.196. The van der Waals surface area contributed by atoms with Crippen LogP contribution in [-0.4, -0.2) is 6.09 Å². The lowest BCUT2D eigenvalue weighted by Crippen LogP contribution is -2.08. The van der Waals surface area contributed by atoms with Crippen LogP contribution in [0, 0.1) is 0 Å². The highest BCUT2D eigenvalue weighted by atomic mass is 16.5. The molecule has 0 heterocycles. The van der Waals surface area contributed by atoms with Gasteiger partial charge in [-0.25, -0.2) is 4.79 Å². The molecule has 0 aromatic heterocycles. The quantitative estimate of drug-likeness (QED) is 0.197. The fourth-order valence-electron chi connectivity index (χ4n) is 2.24. The van der Waals surface area contributed by atoms with Gasteiger partial charge in [-0.15, -0.1) is 0 Å². The van der Waals surface area contributed by atoms with Crippen molar-refractivity contribution >= 4 is 6.09 Å². The highest BCUT2D eigenvalue weighted by Gasteiger charge is 1.89. The van der Waals surface area contributed by atoms with Gasteiger partial charge in [0, 0.05) is 0 Å². The molecule has 3 heteroatoms. The zero-order valence-corrected chi connectivity index (χ0v) is 16.2. The standard InChI is InChI=1S/C23H35NO2/c1-2-3-4-5-6-7-8-9-10-11-12-13-14-15-16-17-18-19-20-21-22-26-23(24)25/h11-22H,2-10H2,1H3,(H2,24,25). The summed E-state index contributed by atoms with van der Waals surface area (Å²) in [6.07, 6.45) is 33.9. The molecule has 0 bridgehead atoms. The van der Waals surface area contributed by atoms with E-state index in [-0.39, 0.29) is 0 Å². The molecule has 0 aliphatic carbocycles. The fourth-order valence-corrected chi connectivity index (χ4v) is 2.24. The van der Waals surface area contributed by atoms with Crippen LogP contribution < -0.4 is 5.73 Å². The summed E-state index contributed by atoms with van der Waals surface area (Å²) in [4.78, 5) is 10.3. The van der Waals surface area contributed by atoms with Crippen LogP contribution in [0.15, 0.2) is 73.1 Å². The van der Waals surface area contributed by atoms with Gasteiger partial charge >= 0.3 is 6.09 Å². The first kappa shape index (κ1) is 23.7.